The number of allylic oxidation sites excluding steroid dienone is 2. The monoisotopic (exact) mass is 394 g/mol. The average Bonchev–Trinajstić information content (AvgIpc) is 3.07. The van der Waals surface area contributed by atoms with Crippen LogP contribution in [0.1, 0.15) is 64.4 Å². The summed E-state index contributed by atoms with van der Waals surface area (Å²) in [5, 5.41) is 0. The van der Waals surface area contributed by atoms with Crippen LogP contribution >= 0.6 is 0 Å². The number of pyridine rings is 1. The van der Waals surface area contributed by atoms with E-state index in [0.717, 1.165) is 30.7 Å². The Morgan fingerprint density at radius 1 is 1.21 bits per heavy atom. The first-order valence-electron chi connectivity index (χ1n) is 11.6. The zero-order chi connectivity index (χ0) is 20.6. The summed E-state index contributed by atoms with van der Waals surface area (Å²) in [5.41, 5.74) is 3.43. The molecule has 1 heterocycles. The molecule has 0 bridgehead atoms. The van der Waals surface area contributed by atoms with E-state index >= 15 is 0 Å². The van der Waals surface area contributed by atoms with Gasteiger partial charge in [0.2, 0.25) is 0 Å². The van der Waals surface area contributed by atoms with Crippen LogP contribution in [0.2, 0.25) is 0 Å². The van der Waals surface area contributed by atoms with Crippen LogP contribution in [0.5, 0.6) is 0 Å². The highest BCUT2D eigenvalue weighted by molar-refractivity contribution is 5.72. The van der Waals surface area contributed by atoms with Crippen molar-refractivity contribution in [3.63, 3.8) is 0 Å². The molecule has 5 unspecified atom stereocenters. The third kappa shape index (κ3) is 3.50. The second kappa shape index (κ2) is 7.98. The van der Waals surface area contributed by atoms with Crippen LogP contribution in [0.3, 0.4) is 0 Å². The van der Waals surface area contributed by atoms with Crippen LogP contribution in [-0.4, -0.2) is 36.8 Å². The van der Waals surface area contributed by atoms with Crippen molar-refractivity contribution in [2.45, 2.75) is 58.8 Å². The quantitative estimate of drug-likeness (QED) is 0.600. The van der Waals surface area contributed by atoms with Crippen molar-refractivity contribution in [1.82, 2.24) is 9.88 Å². The van der Waals surface area contributed by atoms with Crippen molar-refractivity contribution < 1.29 is 4.79 Å². The van der Waals surface area contributed by atoms with Crippen molar-refractivity contribution in [1.29, 1.82) is 0 Å². The highest BCUT2D eigenvalue weighted by atomic mass is 16.1. The summed E-state index contributed by atoms with van der Waals surface area (Å²) in [6.07, 6.45) is 15.9. The van der Waals surface area contributed by atoms with Crippen molar-refractivity contribution in [3.05, 3.63) is 36.2 Å². The fraction of sp³-hybridized carbons (Fsp3) is 0.692. The summed E-state index contributed by atoms with van der Waals surface area (Å²) in [6.45, 7) is 6.17. The third-order valence-corrected chi connectivity index (χ3v) is 9.10. The molecule has 3 heteroatoms. The van der Waals surface area contributed by atoms with Gasteiger partial charge in [-0.1, -0.05) is 26.0 Å². The summed E-state index contributed by atoms with van der Waals surface area (Å²) in [6, 6.07) is 4.31. The van der Waals surface area contributed by atoms with Gasteiger partial charge in [-0.25, -0.2) is 0 Å². The Morgan fingerprint density at radius 3 is 2.72 bits per heavy atom. The Labute approximate surface area is 177 Å². The maximum absolute atomic E-state index is 11.5. The minimum Gasteiger partial charge on any atom is -0.309 e. The van der Waals surface area contributed by atoms with Gasteiger partial charge in [-0.3, -0.25) is 4.98 Å². The molecule has 3 nitrogen and oxygen atoms in total. The molecule has 158 valence electrons. The molecule has 0 amide bonds. The number of aromatic nitrogens is 1. The highest BCUT2D eigenvalue weighted by Crippen LogP contribution is 2.66. The van der Waals surface area contributed by atoms with E-state index in [1.807, 2.05) is 12.4 Å². The second-order valence-corrected chi connectivity index (χ2v) is 10.7. The molecule has 1 aromatic heterocycles. The number of aldehydes is 1. The Bertz CT molecular complexity index is 757. The van der Waals surface area contributed by atoms with Crippen LogP contribution in [0.25, 0.3) is 5.57 Å². The van der Waals surface area contributed by atoms with Gasteiger partial charge in [0.05, 0.1) is 0 Å². The zero-order valence-corrected chi connectivity index (χ0v) is 18.7. The number of hydrogen-bond donors (Lipinski definition) is 0. The summed E-state index contributed by atoms with van der Waals surface area (Å²) < 4.78 is 0. The standard InChI is InChI=1S/C26H38N2O/c1-25(14-16-28(3)4)20(12-17-29)7-8-21-23-10-9-22(19-6-5-15-27-18-19)26(23,2)13-11-24(21)25/h5-6,9,15,17-18,20-21,23-24H,7-8,10-14,16H2,1-4H3/t20?,21?,23?,24?,25-,26?/m1/s1. The van der Waals surface area contributed by atoms with E-state index in [2.05, 4.69) is 56.0 Å². The van der Waals surface area contributed by atoms with E-state index in [9.17, 15) is 4.79 Å². The molecule has 0 aliphatic heterocycles. The van der Waals surface area contributed by atoms with Gasteiger partial charge in [-0.05, 0) is 111 Å². The van der Waals surface area contributed by atoms with E-state index in [0.29, 0.717) is 5.92 Å². The number of carbonyl (C=O) groups excluding carboxylic acids is 1. The van der Waals surface area contributed by atoms with Crippen LogP contribution < -0.4 is 0 Å². The molecule has 4 rings (SSSR count). The van der Waals surface area contributed by atoms with Gasteiger partial charge in [0.15, 0.2) is 0 Å². The van der Waals surface area contributed by atoms with E-state index in [-0.39, 0.29) is 10.8 Å². The number of hydrogen-bond acceptors (Lipinski definition) is 3. The van der Waals surface area contributed by atoms with Gasteiger partial charge >= 0.3 is 0 Å². The number of carbonyl (C=O) groups is 1. The molecule has 0 N–H and O–H groups in total. The largest absolute Gasteiger partial charge is 0.309 e. The highest BCUT2D eigenvalue weighted by Gasteiger charge is 2.57. The zero-order valence-electron chi connectivity index (χ0n) is 18.7. The Morgan fingerprint density at radius 2 is 2.03 bits per heavy atom. The van der Waals surface area contributed by atoms with Gasteiger partial charge in [-0.2, -0.15) is 0 Å². The van der Waals surface area contributed by atoms with Gasteiger partial charge in [0, 0.05) is 18.8 Å². The summed E-state index contributed by atoms with van der Waals surface area (Å²) in [4.78, 5) is 18.2. The average molecular weight is 395 g/mol. The topological polar surface area (TPSA) is 33.2 Å². The van der Waals surface area contributed by atoms with Gasteiger partial charge in [0.25, 0.3) is 0 Å². The van der Waals surface area contributed by atoms with Crippen molar-refractivity contribution in [2.75, 3.05) is 20.6 Å². The predicted molar refractivity (Wildman–Crippen MR) is 119 cm³/mol. The minimum absolute atomic E-state index is 0.282. The summed E-state index contributed by atoms with van der Waals surface area (Å²) in [7, 11) is 4.36. The van der Waals surface area contributed by atoms with Gasteiger partial charge in [-0.15, -0.1) is 0 Å². The van der Waals surface area contributed by atoms with Crippen molar-refractivity contribution >= 4 is 11.9 Å². The van der Waals surface area contributed by atoms with Gasteiger partial charge < -0.3 is 9.69 Å². The van der Waals surface area contributed by atoms with E-state index < -0.39 is 0 Å². The first kappa shape index (κ1) is 20.8. The Kier molecular flexibility index (Phi) is 5.72. The predicted octanol–water partition coefficient (Wildman–Crippen LogP) is 5.47. The van der Waals surface area contributed by atoms with Crippen LogP contribution in [0.15, 0.2) is 30.6 Å². The number of fused-ring (bicyclic) bond motifs is 3. The third-order valence-electron chi connectivity index (χ3n) is 9.10. The maximum Gasteiger partial charge on any atom is 0.120 e. The lowest BCUT2D eigenvalue weighted by molar-refractivity contribution is -0.116. The van der Waals surface area contributed by atoms with Crippen molar-refractivity contribution in [3.8, 4) is 0 Å². The lowest BCUT2D eigenvalue weighted by atomic mass is 9.46. The normalized spacial score (nSPS) is 39.0. The van der Waals surface area contributed by atoms with Gasteiger partial charge in [0.1, 0.15) is 6.29 Å². The summed E-state index contributed by atoms with van der Waals surface area (Å²) >= 11 is 0. The maximum atomic E-state index is 11.5. The SMILES string of the molecule is CN(C)CC[C@]1(C)C(CC=O)CCC2C3CC=C(c4cccnc4)C3(C)CCC21. The molecule has 0 aromatic carbocycles. The fourth-order valence-corrected chi connectivity index (χ4v) is 7.43. The number of nitrogens with zero attached hydrogens (tertiary/aromatic N) is 2. The molecular formula is C26H38N2O. The lowest BCUT2D eigenvalue weighted by Crippen LogP contribution is -2.52. The van der Waals surface area contributed by atoms with Crippen LogP contribution in [0, 0.1) is 34.5 Å². The van der Waals surface area contributed by atoms with E-state index in [4.69, 9.17) is 0 Å². The Hall–Kier alpha value is -1.48. The van der Waals surface area contributed by atoms with E-state index in [1.165, 1.54) is 50.4 Å². The first-order chi connectivity index (χ1) is 13.9. The molecule has 1 aromatic rings. The molecule has 0 saturated heterocycles. The lowest BCUT2D eigenvalue weighted by Gasteiger charge is -2.59. The molecule has 3 aliphatic carbocycles. The van der Waals surface area contributed by atoms with Crippen LogP contribution in [0.4, 0.5) is 0 Å². The molecule has 3 aliphatic rings. The Balaban J connectivity index is 1.61. The summed E-state index contributed by atoms with van der Waals surface area (Å²) in [5.74, 6) is 2.83. The molecule has 6 atom stereocenters. The van der Waals surface area contributed by atoms with Crippen LogP contribution in [-0.2, 0) is 4.79 Å². The van der Waals surface area contributed by atoms with E-state index in [1.54, 1.807) is 5.57 Å². The molecular weight excluding hydrogens is 356 g/mol. The molecule has 2 saturated carbocycles. The molecule has 2 fully saturated rings. The molecule has 29 heavy (non-hydrogen) atoms. The van der Waals surface area contributed by atoms with Crippen molar-refractivity contribution in [2.24, 2.45) is 34.5 Å². The molecule has 0 radical (unpaired) electrons. The molecule has 0 spiro atoms. The number of rotatable bonds is 6. The fourth-order valence-electron chi connectivity index (χ4n) is 7.43. The minimum atomic E-state index is 0.282. The second-order valence-electron chi connectivity index (χ2n) is 10.7. The first-order valence-corrected chi connectivity index (χ1v) is 11.6. The smallest absolute Gasteiger partial charge is 0.120 e.